The third-order valence-electron chi connectivity index (χ3n) is 13.0. The Morgan fingerprint density at radius 2 is 0.915 bits per heavy atom. The van der Waals surface area contributed by atoms with E-state index in [0.29, 0.717) is 0 Å². The van der Waals surface area contributed by atoms with Crippen LogP contribution in [0.25, 0.3) is 75.1 Å². The van der Waals surface area contributed by atoms with E-state index in [1.54, 1.807) is 0 Å². The Labute approximate surface area is 346 Å². The van der Waals surface area contributed by atoms with Crippen molar-refractivity contribution < 1.29 is 0 Å². The molecule has 0 fully saturated rings. The van der Waals surface area contributed by atoms with Gasteiger partial charge in [0.25, 0.3) is 0 Å². The SMILES string of the molecule is c1ccc(-c2ccc3cccc4c3c2C2(c3ccccc3-c3ccc(N(c5ccc6ccccc6c5)c5ccc6c(c5)sc5ccccc56)cc32)c2ccccc2-4)cc1. The first-order valence-corrected chi connectivity index (χ1v) is 21.2. The van der Waals surface area contributed by atoms with E-state index in [9.17, 15) is 0 Å². The highest BCUT2D eigenvalue weighted by Crippen LogP contribution is 2.64. The second-order valence-electron chi connectivity index (χ2n) is 16.0. The molecule has 2 aliphatic carbocycles. The van der Waals surface area contributed by atoms with Crippen LogP contribution in [0, 0.1) is 0 Å². The van der Waals surface area contributed by atoms with Crippen LogP contribution >= 0.6 is 11.3 Å². The Kier molecular flexibility index (Phi) is 6.87. The Hall–Kier alpha value is -7.26. The lowest BCUT2D eigenvalue weighted by Gasteiger charge is -2.41. The quantitative estimate of drug-likeness (QED) is 0.172. The zero-order chi connectivity index (χ0) is 38.7. The lowest BCUT2D eigenvalue weighted by molar-refractivity contribution is 0.775. The van der Waals surface area contributed by atoms with Gasteiger partial charge in [-0.25, -0.2) is 0 Å². The largest absolute Gasteiger partial charge is 0.310 e. The molecule has 1 spiro atoms. The van der Waals surface area contributed by atoms with Crippen LogP contribution in [0.5, 0.6) is 0 Å². The van der Waals surface area contributed by atoms with Crippen LogP contribution < -0.4 is 4.90 Å². The zero-order valence-electron chi connectivity index (χ0n) is 32.1. The molecule has 0 N–H and O–H groups in total. The molecular formula is C57H35NS. The van der Waals surface area contributed by atoms with Gasteiger partial charge in [-0.3, -0.25) is 0 Å². The minimum absolute atomic E-state index is 0.581. The predicted molar refractivity (Wildman–Crippen MR) is 251 cm³/mol. The molecule has 1 aromatic heterocycles. The van der Waals surface area contributed by atoms with E-state index in [0.717, 1.165) is 17.1 Å². The molecule has 1 unspecified atom stereocenters. The minimum atomic E-state index is -0.581. The van der Waals surface area contributed by atoms with E-state index < -0.39 is 5.41 Å². The lowest BCUT2D eigenvalue weighted by atomic mass is 9.60. The van der Waals surface area contributed by atoms with Gasteiger partial charge in [-0.2, -0.15) is 0 Å². The second-order valence-corrected chi connectivity index (χ2v) is 17.1. The van der Waals surface area contributed by atoms with E-state index in [1.165, 1.54) is 97.4 Å². The Balaban J connectivity index is 1.14. The van der Waals surface area contributed by atoms with Crippen LogP contribution in [0.4, 0.5) is 17.1 Å². The third kappa shape index (κ3) is 4.55. The molecule has 0 saturated heterocycles. The van der Waals surface area contributed by atoms with Crippen molar-refractivity contribution in [3.05, 3.63) is 235 Å². The van der Waals surface area contributed by atoms with Crippen molar-refractivity contribution in [1.29, 1.82) is 0 Å². The first-order chi connectivity index (χ1) is 29.3. The normalized spacial score (nSPS) is 14.8. The highest BCUT2D eigenvalue weighted by atomic mass is 32.1. The smallest absolute Gasteiger partial charge is 0.0732 e. The van der Waals surface area contributed by atoms with Crippen molar-refractivity contribution in [3.63, 3.8) is 0 Å². The van der Waals surface area contributed by atoms with Gasteiger partial charge in [0.15, 0.2) is 0 Å². The molecule has 1 nitrogen and oxygen atoms in total. The van der Waals surface area contributed by atoms with Crippen LogP contribution in [0.3, 0.4) is 0 Å². The number of thiophene rings is 1. The number of benzene rings is 10. The summed E-state index contributed by atoms with van der Waals surface area (Å²) in [6.07, 6.45) is 0. The molecule has 1 heterocycles. The summed E-state index contributed by atoms with van der Waals surface area (Å²) in [6, 6.07) is 79.6. The standard InChI is InChI=1S/C57H35NS/c1-2-14-37(15-3-1)43-30-26-38-17-12-21-49-45-19-7-10-23-51(45)57(56(43)55(38)49)50-22-9-6-18-44(50)46-31-28-41(34-52(46)57)58(40-27-25-36-13-4-5-16-39(36)33-40)42-29-32-48-47-20-8-11-24-53(47)59-54(48)35-42/h1-35H. The lowest BCUT2D eigenvalue weighted by Crippen LogP contribution is -2.32. The summed E-state index contributed by atoms with van der Waals surface area (Å²) in [6.45, 7) is 0. The maximum absolute atomic E-state index is 2.53. The van der Waals surface area contributed by atoms with Gasteiger partial charge in [0.05, 0.1) is 5.41 Å². The van der Waals surface area contributed by atoms with E-state index in [4.69, 9.17) is 0 Å². The molecule has 0 radical (unpaired) electrons. The van der Waals surface area contributed by atoms with E-state index in [1.807, 2.05) is 11.3 Å². The highest BCUT2D eigenvalue weighted by Gasteiger charge is 2.51. The Morgan fingerprint density at radius 3 is 1.78 bits per heavy atom. The molecule has 0 bridgehead atoms. The van der Waals surface area contributed by atoms with Gasteiger partial charge in [-0.15, -0.1) is 11.3 Å². The molecule has 274 valence electrons. The molecule has 0 amide bonds. The van der Waals surface area contributed by atoms with Gasteiger partial charge >= 0.3 is 0 Å². The summed E-state index contributed by atoms with van der Waals surface area (Å²) < 4.78 is 2.60. The molecule has 13 rings (SSSR count). The van der Waals surface area contributed by atoms with Crippen LogP contribution in [0.1, 0.15) is 22.3 Å². The molecular weight excluding hydrogens is 731 g/mol. The van der Waals surface area contributed by atoms with Crippen LogP contribution in [-0.4, -0.2) is 0 Å². The average molecular weight is 766 g/mol. The summed E-state index contributed by atoms with van der Waals surface area (Å²) in [5.41, 5.74) is 15.9. The van der Waals surface area contributed by atoms with E-state index in [2.05, 4.69) is 217 Å². The van der Waals surface area contributed by atoms with E-state index >= 15 is 0 Å². The second kappa shape index (κ2) is 12.4. The van der Waals surface area contributed by atoms with Crippen molar-refractivity contribution in [1.82, 2.24) is 0 Å². The van der Waals surface area contributed by atoms with Crippen molar-refractivity contribution in [2.75, 3.05) is 4.90 Å². The number of fused-ring (bicyclic) bond motifs is 13. The number of hydrogen-bond donors (Lipinski definition) is 0. The van der Waals surface area contributed by atoms with Crippen LogP contribution in [-0.2, 0) is 5.41 Å². The summed E-state index contributed by atoms with van der Waals surface area (Å²) in [5, 5.41) is 7.67. The highest BCUT2D eigenvalue weighted by molar-refractivity contribution is 7.25. The number of nitrogens with zero attached hydrogens (tertiary/aromatic N) is 1. The van der Waals surface area contributed by atoms with Gasteiger partial charge in [-0.1, -0.05) is 170 Å². The van der Waals surface area contributed by atoms with Gasteiger partial charge in [0.1, 0.15) is 0 Å². The summed E-state index contributed by atoms with van der Waals surface area (Å²) >= 11 is 1.87. The fourth-order valence-electron chi connectivity index (χ4n) is 10.6. The number of hydrogen-bond acceptors (Lipinski definition) is 2. The minimum Gasteiger partial charge on any atom is -0.310 e. The van der Waals surface area contributed by atoms with Crippen LogP contribution in [0.15, 0.2) is 212 Å². The summed E-state index contributed by atoms with van der Waals surface area (Å²) in [7, 11) is 0. The van der Waals surface area contributed by atoms with Crippen molar-refractivity contribution in [3.8, 4) is 33.4 Å². The predicted octanol–water partition coefficient (Wildman–Crippen LogP) is 15.8. The maximum Gasteiger partial charge on any atom is 0.0732 e. The fraction of sp³-hybridized carbons (Fsp3) is 0.0175. The molecule has 2 heteroatoms. The first-order valence-electron chi connectivity index (χ1n) is 20.4. The van der Waals surface area contributed by atoms with Crippen molar-refractivity contribution in [2.45, 2.75) is 5.41 Å². The number of rotatable bonds is 4. The molecule has 11 aromatic rings. The van der Waals surface area contributed by atoms with Gasteiger partial charge < -0.3 is 4.90 Å². The summed E-state index contributed by atoms with van der Waals surface area (Å²) in [5.74, 6) is 0. The Morgan fingerprint density at radius 1 is 0.339 bits per heavy atom. The molecule has 59 heavy (non-hydrogen) atoms. The first kappa shape index (κ1) is 32.8. The van der Waals surface area contributed by atoms with Gasteiger partial charge in [0.2, 0.25) is 0 Å². The molecule has 10 aromatic carbocycles. The number of anilines is 3. The van der Waals surface area contributed by atoms with Crippen molar-refractivity contribution >= 4 is 70.1 Å². The molecule has 2 aliphatic rings. The van der Waals surface area contributed by atoms with Gasteiger partial charge in [0, 0.05) is 37.2 Å². The molecule has 0 aliphatic heterocycles. The van der Waals surface area contributed by atoms with E-state index in [-0.39, 0.29) is 0 Å². The fourth-order valence-corrected chi connectivity index (χ4v) is 11.8. The maximum atomic E-state index is 2.53. The molecule has 1 atom stereocenters. The monoisotopic (exact) mass is 765 g/mol. The summed E-state index contributed by atoms with van der Waals surface area (Å²) in [4.78, 5) is 2.48. The topological polar surface area (TPSA) is 3.24 Å². The van der Waals surface area contributed by atoms with Gasteiger partial charge in [-0.05, 0) is 120 Å². The average Bonchev–Trinajstić information content (AvgIpc) is 3.81. The Bertz CT molecular complexity index is 3520. The third-order valence-corrected chi connectivity index (χ3v) is 14.2. The molecule has 0 saturated carbocycles. The van der Waals surface area contributed by atoms with Crippen LogP contribution in [0.2, 0.25) is 0 Å². The van der Waals surface area contributed by atoms with Crippen molar-refractivity contribution in [2.24, 2.45) is 0 Å². The zero-order valence-corrected chi connectivity index (χ0v) is 32.9.